The van der Waals surface area contributed by atoms with Gasteiger partial charge in [0.25, 0.3) is 0 Å². The van der Waals surface area contributed by atoms with Crippen molar-refractivity contribution in [2.45, 2.75) is 58.1 Å². The van der Waals surface area contributed by atoms with Crippen LogP contribution in [0, 0.1) is 5.41 Å². The standard InChI is InChI=1S/C12H24N2O2.ClH/c1-11(2,13)10(16)14-8-12(3)7-5-4-6-9(12)15;/h9,15H,4-8,13H2,1-3H3,(H,14,16);1H. The lowest BCUT2D eigenvalue weighted by molar-refractivity contribution is -0.126. The molecule has 2 atom stereocenters. The minimum Gasteiger partial charge on any atom is -0.392 e. The van der Waals surface area contributed by atoms with E-state index in [1.807, 2.05) is 6.92 Å². The van der Waals surface area contributed by atoms with Gasteiger partial charge >= 0.3 is 0 Å². The number of carbonyl (C=O) groups excluding carboxylic acids is 1. The van der Waals surface area contributed by atoms with E-state index in [0.29, 0.717) is 6.54 Å². The predicted octanol–water partition coefficient (Wildman–Crippen LogP) is 1.20. The maximum atomic E-state index is 11.6. The van der Waals surface area contributed by atoms with Crippen LogP contribution in [-0.2, 0) is 4.79 Å². The Morgan fingerprint density at radius 2 is 2.12 bits per heavy atom. The van der Waals surface area contributed by atoms with Gasteiger partial charge < -0.3 is 16.2 Å². The van der Waals surface area contributed by atoms with Gasteiger partial charge in [0, 0.05) is 12.0 Å². The smallest absolute Gasteiger partial charge is 0.239 e. The van der Waals surface area contributed by atoms with Gasteiger partial charge in [0.2, 0.25) is 5.91 Å². The molecule has 1 saturated carbocycles. The van der Waals surface area contributed by atoms with E-state index < -0.39 is 5.54 Å². The zero-order valence-electron chi connectivity index (χ0n) is 11.0. The van der Waals surface area contributed by atoms with E-state index in [1.54, 1.807) is 13.8 Å². The van der Waals surface area contributed by atoms with Crippen molar-refractivity contribution in [2.24, 2.45) is 11.1 Å². The number of hydrogen-bond donors (Lipinski definition) is 3. The van der Waals surface area contributed by atoms with Gasteiger partial charge in [0.05, 0.1) is 11.6 Å². The largest absolute Gasteiger partial charge is 0.392 e. The van der Waals surface area contributed by atoms with Gasteiger partial charge in [-0.2, -0.15) is 0 Å². The van der Waals surface area contributed by atoms with Crippen LogP contribution < -0.4 is 11.1 Å². The lowest BCUT2D eigenvalue weighted by atomic mass is 9.73. The lowest BCUT2D eigenvalue weighted by Crippen LogP contribution is -2.53. The first-order valence-electron chi connectivity index (χ1n) is 6.01. The minimum atomic E-state index is -0.851. The molecule has 1 rings (SSSR count). The summed E-state index contributed by atoms with van der Waals surface area (Å²) in [6, 6.07) is 0. The van der Waals surface area contributed by atoms with Crippen molar-refractivity contribution < 1.29 is 9.90 Å². The fourth-order valence-corrected chi connectivity index (χ4v) is 2.10. The highest BCUT2D eigenvalue weighted by molar-refractivity contribution is 5.85. The van der Waals surface area contributed by atoms with E-state index in [-0.39, 0.29) is 29.8 Å². The minimum absolute atomic E-state index is 0. The number of nitrogens with two attached hydrogens (primary N) is 1. The van der Waals surface area contributed by atoms with Crippen molar-refractivity contribution in [1.82, 2.24) is 5.32 Å². The van der Waals surface area contributed by atoms with Crippen LogP contribution in [0.2, 0.25) is 0 Å². The third-order valence-electron chi connectivity index (χ3n) is 3.52. The van der Waals surface area contributed by atoms with Crippen LogP contribution in [0.1, 0.15) is 46.5 Å². The molecule has 102 valence electrons. The van der Waals surface area contributed by atoms with Gasteiger partial charge in [-0.1, -0.05) is 19.8 Å². The quantitative estimate of drug-likeness (QED) is 0.717. The SMILES string of the molecule is CC(C)(N)C(=O)NCC1(C)CCCCC1O.Cl. The molecule has 0 radical (unpaired) electrons. The molecule has 0 bridgehead atoms. The Morgan fingerprint density at radius 1 is 1.53 bits per heavy atom. The first-order valence-corrected chi connectivity index (χ1v) is 6.01. The Balaban J connectivity index is 0.00000256. The molecule has 4 nitrogen and oxygen atoms in total. The summed E-state index contributed by atoms with van der Waals surface area (Å²) in [5.41, 5.74) is 4.65. The summed E-state index contributed by atoms with van der Waals surface area (Å²) in [5.74, 6) is -0.161. The highest BCUT2D eigenvalue weighted by Gasteiger charge is 2.36. The molecule has 4 N–H and O–H groups in total. The predicted molar refractivity (Wildman–Crippen MR) is 71.1 cm³/mol. The van der Waals surface area contributed by atoms with Crippen LogP contribution in [0.3, 0.4) is 0 Å². The number of carbonyl (C=O) groups is 1. The summed E-state index contributed by atoms with van der Waals surface area (Å²) >= 11 is 0. The van der Waals surface area contributed by atoms with E-state index in [2.05, 4.69) is 5.32 Å². The van der Waals surface area contributed by atoms with Gasteiger partial charge in [-0.25, -0.2) is 0 Å². The second kappa shape index (κ2) is 6.03. The van der Waals surface area contributed by atoms with Crippen molar-refractivity contribution in [3.05, 3.63) is 0 Å². The average Bonchev–Trinajstić information content (AvgIpc) is 2.18. The Kier molecular flexibility index (Phi) is 5.91. The molecule has 1 aliphatic carbocycles. The van der Waals surface area contributed by atoms with Gasteiger partial charge in [-0.05, 0) is 26.7 Å². The van der Waals surface area contributed by atoms with Crippen LogP contribution in [0.4, 0.5) is 0 Å². The number of nitrogens with one attached hydrogen (secondary N) is 1. The summed E-state index contributed by atoms with van der Waals surface area (Å²) in [6.07, 6.45) is 3.67. The summed E-state index contributed by atoms with van der Waals surface area (Å²) in [4.78, 5) is 11.6. The first-order chi connectivity index (χ1) is 7.26. The molecule has 0 saturated heterocycles. The molecule has 17 heavy (non-hydrogen) atoms. The monoisotopic (exact) mass is 264 g/mol. The van der Waals surface area contributed by atoms with E-state index in [0.717, 1.165) is 25.7 Å². The molecule has 1 fully saturated rings. The van der Waals surface area contributed by atoms with Gasteiger partial charge in [0.15, 0.2) is 0 Å². The molecular formula is C12H25ClN2O2. The maximum Gasteiger partial charge on any atom is 0.239 e. The van der Waals surface area contributed by atoms with Gasteiger partial charge in [0.1, 0.15) is 0 Å². The van der Waals surface area contributed by atoms with Crippen LogP contribution in [0.25, 0.3) is 0 Å². The Bertz CT molecular complexity index is 266. The van der Waals surface area contributed by atoms with E-state index in [9.17, 15) is 9.90 Å². The van der Waals surface area contributed by atoms with Crippen molar-refractivity contribution in [1.29, 1.82) is 0 Å². The highest BCUT2D eigenvalue weighted by atomic mass is 35.5. The molecule has 1 aliphatic rings. The first kappa shape index (κ1) is 16.7. The fourth-order valence-electron chi connectivity index (χ4n) is 2.10. The van der Waals surface area contributed by atoms with Crippen molar-refractivity contribution in [3.8, 4) is 0 Å². The molecule has 0 aromatic rings. The Morgan fingerprint density at radius 3 is 2.59 bits per heavy atom. The summed E-state index contributed by atoms with van der Waals surface area (Å²) in [6.45, 7) is 5.90. The number of rotatable bonds is 3. The molecular weight excluding hydrogens is 240 g/mol. The van der Waals surface area contributed by atoms with Crippen LogP contribution >= 0.6 is 12.4 Å². The van der Waals surface area contributed by atoms with Crippen molar-refractivity contribution >= 4 is 18.3 Å². The van der Waals surface area contributed by atoms with E-state index >= 15 is 0 Å². The van der Waals surface area contributed by atoms with Crippen LogP contribution in [0.15, 0.2) is 0 Å². The summed E-state index contributed by atoms with van der Waals surface area (Å²) in [5, 5.41) is 12.8. The van der Waals surface area contributed by atoms with Gasteiger partial charge in [-0.3, -0.25) is 4.79 Å². The number of aliphatic hydroxyl groups is 1. The molecule has 0 aliphatic heterocycles. The molecule has 5 heteroatoms. The molecule has 0 aromatic carbocycles. The third-order valence-corrected chi connectivity index (χ3v) is 3.52. The topological polar surface area (TPSA) is 75.4 Å². The second-order valence-electron chi connectivity index (χ2n) is 5.82. The number of amides is 1. The average molecular weight is 265 g/mol. The Labute approximate surface area is 110 Å². The van der Waals surface area contributed by atoms with Gasteiger partial charge in [-0.15, -0.1) is 12.4 Å². The van der Waals surface area contributed by atoms with Crippen LogP contribution in [-0.4, -0.2) is 29.2 Å². The molecule has 0 spiro atoms. The normalized spacial score (nSPS) is 29.4. The van der Waals surface area contributed by atoms with E-state index in [1.165, 1.54) is 0 Å². The molecule has 2 unspecified atom stereocenters. The third kappa shape index (κ3) is 4.45. The molecule has 0 aromatic heterocycles. The van der Waals surface area contributed by atoms with Crippen molar-refractivity contribution in [3.63, 3.8) is 0 Å². The van der Waals surface area contributed by atoms with E-state index in [4.69, 9.17) is 5.73 Å². The van der Waals surface area contributed by atoms with Crippen LogP contribution in [0.5, 0.6) is 0 Å². The lowest BCUT2D eigenvalue weighted by Gasteiger charge is -2.39. The summed E-state index contributed by atoms with van der Waals surface area (Å²) in [7, 11) is 0. The number of halogens is 1. The number of hydrogen-bond acceptors (Lipinski definition) is 3. The fraction of sp³-hybridized carbons (Fsp3) is 0.917. The zero-order chi connectivity index (χ0) is 12.4. The molecule has 1 amide bonds. The second-order valence-corrected chi connectivity index (χ2v) is 5.82. The highest BCUT2D eigenvalue weighted by Crippen LogP contribution is 2.35. The number of aliphatic hydroxyl groups excluding tert-OH is 1. The Hall–Kier alpha value is -0.320. The summed E-state index contributed by atoms with van der Waals surface area (Å²) < 4.78 is 0. The van der Waals surface area contributed by atoms with Crippen molar-refractivity contribution in [2.75, 3.05) is 6.54 Å². The zero-order valence-corrected chi connectivity index (χ0v) is 11.8. The maximum absolute atomic E-state index is 11.6. The molecule has 0 heterocycles.